The van der Waals surface area contributed by atoms with Gasteiger partial charge in [-0.25, -0.2) is 0 Å². The Labute approximate surface area is 140 Å². The van der Waals surface area contributed by atoms with E-state index >= 15 is 0 Å². The van der Waals surface area contributed by atoms with Crippen molar-refractivity contribution >= 4 is 23.6 Å². The summed E-state index contributed by atoms with van der Waals surface area (Å²) in [5.41, 5.74) is 2.21. The highest BCUT2D eigenvalue weighted by molar-refractivity contribution is 6.09. The van der Waals surface area contributed by atoms with Crippen LogP contribution >= 0.6 is 0 Å². The van der Waals surface area contributed by atoms with Gasteiger partial charge in [0.25, 0.3) is 5.91 Å². The van der Waals surface area contributed by atoms with Gasteiger partial charge in [0.15, 0.2) is 0 Å². The van der Waals surface area contributed by atoms with Crippen LogP contribution in [0.3, 0.4) is 0 Å². The minimum Gasteiger partial charge on any atom is -0.427 e. The summed E-state index contributed by atoms with van der Waals surface area (Å²) in [5, 5.41) is 12.0. The first-order valence-electron chi connectivity index (χ1n) is 7.27. The number of esters is 1. The number of carbonyl (C=O) groups is 2. The van der Waals surface area contributed by atoms with Crippen molar-refractivity contribution in [2.45, 2.75) is 13.8 Å². The van der Waals surface area contributed by atoms with Crippen LogP contribution in [0.2, 0.25) is 0 Å². The number of aryl methyl sites for hydroxylation is 1. The SMILES string of the molecule is CC(=O)Oc1ccc(/C=C(\C#N)C(=O)Nc2ccccc2C)cc1. The zero-order chi connectivity index (χ0) is 17.5. The van der Waals surface area contributed by atoms with Crippen molar-refractivity contribution in [3.8, 4) is 11.8 Å². The molecule has 1 N–H and O–H groups in total. The average Bonchev–Trinajstić information content (AvgIpc) is 2.55. The predicted octanol–water partition coefficient (Wildman–Crippen LogP) is 3.47. The predicted molar refractivity (Wildman–Crippen MR) is 91.1 cm³/mol. The van der Waals surface area contributed by atoms with Crippen molar-refractivity contribution in [2.24, 2.45) is 0 Å². The monoisotopic (exact) mass is 320 g/mol. The maximum Gasteiger partial charge on any atom is 0.308 e. The van der Waals surface area contributed by atoms with Gasteiger partial charge in [-0.2, -0.15) is 5.26 Å². The highest BCUT2D eigenvalue weighted by atomic mass is 16.5. The van der Waals surface area contributed by atoms with Crippen LogP contribution < -0.4 is 10.1 Å². The minimum atomic E-state index is -0.476. The van der Waals surface area contributed by atoms with Crippen LogP contribution in [0, 0.1) is 18.3 Å². The fourth-order valence-electron chi connectivity index (χ4n) is 2.02. The molecular weight excluding hydrogens is 304 g/mol. The molecule has 120 valence electrons. The number of carbonyl (C=O) groups excluding carboxylic acids is 2. The second-order valence-electron chi connectivity index (χ2n) is 5.10. The van der Waals surface area contributed by atoms with Crippen molar-refractivity contribution in [3.63, 3.8) is 0 Å². The van der Waals surface area contributed by atoms with Crippen LogP contribution in [0.25, 0.3) is 6.08 Å². The first-order chi connectivity index (χ1) is 11.5. The number of para-hydroxylation sites is 1. The number of hydrogen-bond acceptors (Lipinski definition) is 4. The van der Waals surface area contributed by atoms with E-state index in [1.54, 1.807) is 30.3 Å². The highest BCUT2D eigenvalue weighted by Crippen LogP contribution is 2.17. The van der Waals surface area contributed by atoms with E-state index in [0.29, 0.717) is 17.0 Å². The third-order valence-corrected chi connectivity index (χ3v) is 3.21. The maximum atomic E-state index is 12.2. The third kappa shape index (κ3) is 4.55. The number of nitrogens with zero attached hydrogens (tertiary/aromatic N) is 1. The topological polar surface area (TPSA) is 79.2 Å². The number of hydrogen-bond donors (Lipinski definition) is 1. The molecule has 5 nitrogen and oxygen atoms in total. The van der Waals surface area contributed by atoms with Gasteiger partial charge >= 0.3 is 5.97 Å². The number of nitriles is 1. The lowest BCUT2D eigenvalue weighted by Crippen LogP contribution is -2.14. The molecule has 2 rings (SSSR count). The number of amides is 1. The van der Waals surface area contributed by atoms with Crippen molar-refractivity contribution in [1.82, 2.24) is 0 Å². The second kappa shape index (κ2) is 7.75. The van der Waals surface area contributed by atoms with Crippen LogP contribution in [0.4, 0.5) is 5.69 Å². The van der Waals surface area contributed by atoms with Crippen LogP contribution in [0.1, 0.15) is 18.1 Å². The van der Waals surface area contributed by atoms with E-state index < -0.39 is 11.9 Å². The van der Waals surface area contributed by atoms with Crippen molar-refractivity contribution in [2.75, 3.05) is 5.32 Å². The van der Waals surface area contributed by atoms with Crippen LogP contribution in [0.15, 0.2) is 54.1 Å². The molecule has 0 aromatic heterocycles. The first kappa shape index (κ1) is 17.0. The average molecular weight is 320 g/mol. The van der Waals surface area contributed by atoms with Crippen LogP contribution in [-0.2, 0) is 9.59 Å². The van der Waals surface area contributed by atoms with E-state index in [1.807, 2.05) is 31.2 Å². The zero-order valence-electron chi connectivity index (χ0n) is 13.4. The lowest BCUT2D eigenvalue weighted by Gasteiger charge is -2.07. The quantitative estimate of drug-likeness (QED) is 0.405. The molecule has 0 saturated heterocycles. The highest BCUT2D eigenvalue weighted by Gasteiger charge is 2.10. The third-order valence-electron chi connectivity index (χ3n) is 3.21. The molecule has 0 spiro atoms. The number of rotatable bonds is 4. The van der Waals surface area contributed by atoms with Crippen molar-refractivity contribution in [1.29, 1.82) is 5.26 Å². The maximum absolute atomic E-state index is 12.2. The van der Waals surface area contributed by atoms with Gasteiger partial charge in [-0.15, -0.1) is 0 Å². The van der Waals surface area contributed by atoms with Gasteiger partial charge in [-0.1, -0.05) is 30.3 Å². The van der Waals surface area contributed by atoms with Gasteiger partial charge in [0, 0.05) is 12.6 Å². The molecule has 24 heavy (non-hydrogen) atoms. The summed E-state index contributed by atoms with van der Waals surface area (Å²) < 4.78 is 4.94. The number of benzene rings is 2. The summed E-state index contributed by atoms with van der Waals surface area (Å²) in [7, 11) is 0. The Balaban J connectivity index is 2.16. The fourth-order valence-corrected chi connectivity index (χ4v) is 2.02. The molecule has 0 atom stereocenters. The molecule has 1 amide bonds. The molecule has 0 saturated carbocycles. The van der Waals surface area contributed by atoms with Gasteiger partial charge in [0.05, 0.1) is 0 Å². The molecule has 0 aliphatic heterocycles. The summed E-state index contributed by atoms with van der Waals surface area (Å²) in [6, 6.07) is 15.8. The lowest BCUT2D eigenvalue weighted by molar-refractivity contribution is -0.131. The normalized spacial score (nSPS) is 10.6. The standard InChI is InChI=1S/C19H16N2O3/c1-13-5-3-4-6-18(13)21-19(23)16(12-20)11-15-7-9-17(10-8-15)24-14(2)22/h3-11H,1-2H3,(H,21,23)/b16-11+. The zero-order valence-corrected chi connectivity index (χ0v) is 13.4. The number of ether oxygens (including phenoxy) is 1. The Morgan fingerprint density at radius 3 is 2.38 bits per heavy atom. The Hall–Kier alpha value is -3.39. The summed E-state index contributed by atoms with van der Waals surface area (Å²) in [6.07, 6.45) is 1.48. The van der Waals surface area contributed by atoms with E-state index in [9.17, 15) is 14.9 Å². The number of anilines is 1. The molecule has 0 aliphatic rings. The van der Waals surface area contributed by atoms with Crippen LogP contribution in [-0.4, -0.2) is 11.9 Å². The molecule has 2 aromatic carbocycles. The summed E-state index contributed by atoms with van der Waals surface area (Å²) >= 11 is 0. The lowest BCUT2D eigenvalue weighted by atomic mass is 10.1. The summed E-state index contributed by atoms with van der Waals surface area (Å²) in [6.45, 7) is 3.19. The van der Waals surface area contributed by atoms with Gasteiger partial charge in [-0.3, -0.25) is 9.59 Å². The van der Waals surface area contributed by atoms with E-state index in [2.05, 4.69) is 5.32 Å². The molecule has 0 fully saturated rings. The van der Waals surface area contributed by atoms with Gasteiger partial charge in [0.1, 0.15) is 17.4 Å². The van der Waals surface area contributed by atoms with Gasteiger partial charge < -0.3 is 10.1 Å². The van der Waals surface area contributed by atoms with E-state index in [4.69, 9.17) is 4.74 Å². The molecule has 2 aromatic rings. The summed E-state index contributed by atoms with van der Waals surface area (Å²) in [5.74, 6) is -0.480. The molecule has 0 aliphatic carbocycles. The Morgan fingerprint density at radius 1 is 1.12 bits per heavy atom. The number of nitrogens with one attached hydrogen (secondary N) is 1. The Kier molecular flexibility index (Phi) is 5.48. The summed E-state index contributed by atoms with van der Waals surface area (Å²) in [4.78, 5) is 23.1. The van der Waals surface area contributed by atoms with E-state index in [-0.39, 0.29) is 5.57 Å². The van der Waals surface area contributed by atoms with E-state index in [1.165, 1.54) is 13.0 Å². The first-order valence-corrected chi connectivity index (χ1v) is 7.27. The molecule has 0 heterocycles. The minimum absolute atomic E-state index is 0.0153. The molecule has 0 unspecified atom stereocenters. The molecular formula is C19H16N2O3. The fraction of sp³-hybridized carbons (Fsp3) is 0.105. The smallest absolute Gasteiger partial charge is 0.308 e. The molecule has 0 radical (unpaired) electrons. The Bertz CT molecular complexity index is 830. The molecule has 5 heteroatoms. The van der Waals surface area contributed by atoms with E-state index in [0.717, 1.165) is 5.56 Å². The van der Waals surface area contributed by atoms with Crippen molar-refractivity contribution < 1.29 is 14.3 Å². The largest absolute Gasteiger partial charge is 0.427 e. The van der Waals surface area contributed by atoms with Crippen LogP contribution in [0.5, 0.6) is 5.75 Å². The Morgan fingerprint density at radius 2 is 1.79 bits per heavy atom. The molecule has 0 bridgehead atoms. The van der Waals surface area contributed by atoms with Gasteiger partial charge in [-0.05, 0) is 42.3 Å². The van der Waals surface area contributed by atoms with Gasteiger partial charge in [0.2, 0.25) is 0 Å². The second-order valence-corrected chi connectivity index (χ2v) is 5.10. The van der Waals surface area contributed by atoms with Crippen molar-refractivity contribution in [3.05, 3.63) is 65.2 Å².